The standard InChI is InChI=1S/C21H24ClN3O4S2/c1-31(28,29)25-12-10-17(11-13-25)21(27)24-23-20(26)16-4-2-15(3-5-16)14-30-19-8-6-18(22)7-9-19/h2-9,17H,10-14H2,1H3,(H,23,26)(H,24,27). The monoisotopic (exact) mass is 481 g/mol. The zero-order chi connectivity index (χ0) is 22.4. The number of sulfonamides is 1. The van der Waals surface area contributed by atoms with Gasteiger partial charge in [0.15, 0.2) is 0 Å². The van der Waals surface area contributed by atoms with E-state index in [0.717, 1.165) is 22.5 Å². The van der Waals surface area contributed by atoms with Crippen LogP contribution < -0.4 is 10.9 Å². The minimum Gasteiger partial charge on any atom is -0.273 e. The summed E-state index contributed by atoms with van der Waals surface area (Å²) < 4.78 is 24.5. The fourth-order valence-corrected chi connectivity index (χ4v) is 5.05. The maximum Gasteiger partial charge on any atom is 0.269 e. The largest absolute Gasteiger partial charge is 0.273 e. The summed E-state index contributed by atoms with van der Waals surface area (Å²) in [5.74, 6) is -0.284. The number of carbonyl (C=O) groups excluding carboxylic acids is 2. The maximum absolute atomic E-state index is 12.3. The predicted octanol–water partition coefficient (Wildman–Crippen LogP) is 3.06. The molecule has 0 unspecified atom stereocenters. The van der Waals surface area contributed by atoms with E-state index in [9.17, 15) is 18.0 Å². The average Bonchev–Trinajstić information content (AvgIpc) is 2.76. The molecule has 1 saturated heterocycles. The smallest absolute Gasteiger partial charge is 0.269 e. The van der Waals surface area contributed by atoms with Gasteiger partial charge < -0.3 is 0 Å². The number of carbonyl (C=O) groups is 2. The zero-order valence-corrected chi connectivity index (χ0v) is 19.4. The van der Waals surface area contributed by atoms with E-state index in [0.29, 0.717) is 36.5 Å². The number of halogens is 1. The van der Waals surface area contributed by atoms with E-state index in [4.69, 9.17) is 11.6 Å². The first-order valence-electron chi connectivity index (χ1n) is 9.75. The molecule has 1 heterocycles. The lowest BCUT2D eigenvalue weighted by molar-refractivity contribution is -0.126. The first kappa shape index (κ1) is 23.6. The lowest BCUT2D eigenvalue weighted by atomic mass is 9.98. The summed E-state index contributed by atoms with van der Waals surface area (Å²) in [4.78, 5) is 25.7. The van der Waals surface area contributed by atoms with Crippen LogP contribution in [0.1, 0.15) is 28.8 Å². The summed E-state index contributed by atoms with van der Waals surface area (Å²) in [5, 5.41) is 0.700. The molecule has 0 saturated carbocycles. The molecule has 2 amide bonds. The van der Waals surface area contributed by atoms with E-state index >= 15 is 0 Å². The fourth-order valence-electron chi connectivity index (χ4n) is 3.19. The van der Waals surface area contributed by atoms with Gasteiger partial charge in [0, 0.05) is 40.2 Å². The van der Waals surface area contributed by atoms with Gasteiger partial charge >= 0.3 is 0 Å². The molecular weight excluding hydrogens is 458 g/mol. The van der Waals surface area contributed by atoms with Crippen molar-refractivity contribution in [2.45, 2.75) is 23.5 Å². The quantitative estimate of drug-likeness (QED) is 0.488. The molecule has 1 aliphatic heterocycles. The third kappa shape index (κ3) is 6.96. The van der Waals surface area contributed by atoms with Crippen molar-refractivity contribution in [1.82, 2.24) is 15.2 Å². The van der Waals surface area contributed by atoms with Gasteiger partial charge in [0.25, 0.3) is 5.91 Å². The summed E-state index contributed by atoms with van der Waals surface area (Å²) in [6, 6.07) is 14.8. The van der Waals surface area contributed by atoms with Gasteiger partial charge in [0.1, 0.15) is 0 Å². The van der Waals surface area contributed by atoms with E-state index < -0.39 is 15.9 Å². The Kier molecular flexibility index (Phi) is 7.99. The molecule has 0 aliphatic carbocycles. The molecule has 2 aromatic carbocycles. The van der Waals surface area contributed by atoms with Crippen molar-refractivity contribution in [2.75, 3.05) is 19.3 Å². The van der Waals surface area contributed by atoms with E-state index in [1.807, 2.05) is 36.4 Å². The zero-order valence-electron chi connectivity index (χ0n) is 17.0. The molecular formula is C21H24ClN3O4S2. The topological polar surface area (TPSA) is 95.6 Å². The SMILES string of the molecule is CS(=O)(=O)N1CCC(C(=O)NNC(=O)c2ccc(CSc3ccc(Cl)cc3)cc2)CC1. The maximum atomic E-state index is 12.3. The average molecular weight is 482 g/mol. The Morgan fingerprint density at radius 2 is 1.65 bits per heavy atom. The minimum atomic E-state index is -3.24. The van der Waals surface area contributed by atoms with Gasteiger partial charge in [-0.1, -0.05) is 23.7 Å². The van der Waals surface area contributed by atoms with Gasteiger partial charge in [-0.3, -0.25) is 20.4 Å². The van der Waals surface area contributed by atoms with Crippen LogP contribution in [-0.2, 0) is 20.6 Å². The van der Waals surface area contributed by atoms with Crippen molar-refractivity contribution in [3.63, 3.8) is 0 Å². The number of piperidine rings is 1. The van der Waals surface area contributed by atoms with E-state index in [1.165, 1.54) is 4.31 Å². The molecule has 1 fully saturated rings. The lowest BCUT2D eigenvalue weighted by Crippen LogP contribution is -2.48. The second-order valence-corrected chi connectivity index (χ2v) is 10.8. The Bertz CT molecular complexity index is 1020. The Morgan fingerprint density at radius 1 is 1.03 bits per heavy atom. The number of hydrogen-bond donors (Lipinski definition) is 2. The highest BCUT2D eigenvalue weighted by Gasteiger charge is 2.29. The fraction of sp³-hybridized carbons (Fsp3) is 0.333. The number of hydrogen-bond acceptors (Lipinski definition) is 5. The number of thioether (sulfide) groups is 1. The molecule has 0 bridgehead atoms. The second-order valence-electron chi connectivity index (χ2n) is 7.32. The van der Waals surface area contributed by atoms with Crippen molar-refractivity contribution in [2.24, 2.45) is 5.92 Å². The molecule has 31 heavy (non-hydrogen) atoms. The lowest BCUT2D eigenvalue weighted by Gasteiger charge is -2.29. The molecule has 2 N–H and O–H groups in total. The van der Waals surface area contributed by atoms with Crippen LogP contribution in [0.25, 0.3) is 0 Å². The molecule has 0 radical (unpaired) electrons. The van der Waals surface area contributed by atoms with Gasteiger partial charge in [-0.2, -0.15) is 0 Å². The van der Waals surface area contributed by atoms with Gasteiger partial charge in [0.2, 0.25) is 15.9 Å². The molecule has 0 atom stereocenters. The van der Waals surface area contributed by atoms with Gasteiger partial charge in [0.05, 0.1) is 6.26 Å². The van der Waals surface area contributed by atoms with Crippen LogP contribution in [-0.4, -0.2) is 43.9 Å². The van der Waals surface area contributed by atoms with Crippen LogP contribution in [0, 0.1) is 5.92 Å². The van der Waals surface area contributed by atoms with Crippen molar-refractivity contribution in [3.8, 4) is 0 Å². The van der Waals surface area contributed by atoms with Gasteiger partial charge in [-0.15, -0.1) is 11.8 Å². The van der Waals surface area contributed by atoms with Crippen molar-refractivity contribution < 1.29 is 18.0 Å². The minimum absolute atomic E-state index is 0.306. The van der Waals surface area contributed by atoms with Crippen LogP contribution in [0.4, 0.5) is 0 Å². The first-order chi connectivity index (χ1) is 14.7. The molecule has 2 aromatic rings. The van der Waals surface area contributed by atoms with Crippen LogP contribution >= 0.6 is 23.4 Å². The number of amides is 2. The summed E-state index contributed by atoms with van der Waals surface area (Å²) in [7, 11) is -3.24. The Balaban J connectivity index is 1.44. The third-order valence-corrected chi connectivity index (χ3v) is 7.67. The van der Waals surface area contributed by atoms with Crippen LogP contribution in [0.2, 0.25) is 5.02 Å². The molecule has 7 nitrogen and oxygen atoms in total. The number of nitrogens with one attached hydrogen (secondary N) is 2. The van der Waals surface area contributed by atoms with E-state index in [2.05, 4.69) is 10.9 Å². The molecule has 0 aromatic heterocycles. The molecule has 166 valence electrons. The number of nitrogens with zero attached hydrogens (tertiary/aromatic N) is 1. The van der Waals surface area contributed by atoms with Gasteiger partial charge in [-0.05, 0) is 54.8 Å². The Morgan fingerprint density at radius 3 is 2.23 bits per heavy atom. The number of benzene rings is 2. The number of hydrazine groups is 1. The summed E-state index contributed by atoms with van der Waals surface area (Å²) in [6.45, 7) is 0.612. The highest BCUT2D eigenvalue weighted by Crippen LogP contribution is 2.24. The van der Waals surface area contributed by atoms with E-state index in [1.54, 1.807) is 23.9 Å². The summed E-state index contributed by atoms with van der Waals surface area (Å²) in [6.07, 6.45) is 2.01. The van der Waals surface area contributed by atoms with Crippen molar-refractivity contribution >= 4 is 45.2 Å². The van der Waals surface area contributed by atoms with Gasteiger partial charge in [-0.25, -0.2) is 12.7 Å². The predicted molar refractivity (Wildman–Crippen MR) is 122 cm³/mol. The highest BCUT2D eigenvalue weighted by molar-refractivity contribution is 7.98. The van der Waals surface area contributed by atoms with E-state index in [-0.39, 0.29) is 11.8 Å². The third-order valence-electron chi connectivity index (χ3n) is 5.03. The highest BCUT2D eigenvalue weighted by atomic mass is 35.5. The van der Waals surface area contributed by atoms with Crippen LogP contribution in [0.3, 0.4) is 0 Å². The Hall–Kier alpha value is -2.07. The molecule has 1 aliphatic rings. The normalized spacial score (nSPS) is 15.4. The first-order valence-corrected chi connectivity index (χ1v) is 13.0. The van der Waals surface area contributed by atoms with Crippen LogP contribution in [0.5, 0.6) is 0 Å². The second kappa shape index (κ2) is 10.5. The summed E-state index contributed by atoms with van der Waals surface area (Å²) in [5.41, 5.74) is 6.39. The Labute approximate surface area is 191 Å². The number of rotatable bonds is 6. The molecule has 0 spiro atoms. The molecule has 10 heteroatoms. The van der Waals surface area contributed by atoms with Crippen molar-refractivity contribution in [3.05, 3.63) is 64.7 Å². The van der Waals surface area contributed by atoms with Crippen LogP contribution in [0.15, 0.2) is 53.4 Å². The van der Waals surface area contributed by atoms with Crippen molar-refractivity contribution in [1.29, 1.82) is 0 Å². The summed E-state index contributed by atoms with van der Waals surface area (Å²) >= 11 is 7.56. The molecule has 3 rings (SSSR count).